The molecule has 9 heteroatoms. The maximum absolute atomic E-state index is 12.8. The Balaban J connectivity index is 1.68. The molecule has 0 spiro atoms. The number of halogens is 1. The predicted octanol–water partition coefficient (Wildman–Crippen LogP) is 3.03. The minimum atomic E-state index is -3.92. The van der Waals surface area contributed by atoms with Crippen molar-refractivity contribution in [2.45, 2.75) is 11.3 Å². The summed E-state index contributed by atoms with van der Waals surface area (Å²) < 4.78 is 28.1. The average Bonchev–Trinajstić information content (AvgIpc) is 3.22. The van der Waals surface area contributed by atoms with Crippen molar-refractivity contribution < 1.29 is 13.2 Å². The fraction of sp³-hybridized carbons (Fsp3) is 0.0588. The van der Waals surface area contributed by atoms with E-state index < -0.39 is 10.0 Å². The van der Waals surface area contributed by atoms with Gasteiger partial charge in [0.25, 0.3) is 10.0 Å². The summed E-state index contributed by atoms with van der Waals surface area (Å²) in [5.41, 5.74) is 3.10. The molecule has 2 aromatic carbocycles. The van der Waals surface area contributed by atoms with Crippen molar-refractivity contribution in [3.63, 3.8) is 0 Å². The molecule has 0 saturated carbocycles. The maximum atomic E-state index is 12.8. The van der Waals surface area contributed by atoms with Crippen LogP contribution in [0.5, 0.6) is 0 Å². The number of H-pyrrole nitrogens is 1. The first-order valence-electron chi connectivity index (χ1n) is 7.67. The van der Waals surface area contributed by atoms with Gasteiger partial charge >= 0.3 is 0 Å². The van der Waals surface area contributed by atoms with Crippen LogP contribution in [0.1, 0.15) is 5.56 Å². The highest BCUT2D eigenvalue weighted by molar-refractivity contribution is 7.92. The summed E-state index contributed by atoms with van der Waals surface area (Å²) in [7, 11) is -3.92. The molecule has 7 nitrogen and oxygen atoms in total. The van der Waals surface area contributed by atoms with Crippen LogP contribution in [0.2, 0.25) is 5.02 Å². The average molecular weight is 389 g/mol. The van der Waals surface area contributed by atoms with Crippen LogP contribution in [-0.2, 0) is 21.2 Å². The van der Waals surface area contributed by atoms with Gasteiger partial charge in [-0.1, -0.05) is 23.7 Å². The Hall–Kier alpha value is -2.84. The van der Waals surface area contributed by atoms with Gasteiger partial charge in [-0.05, 0) is 35.9 Å². The number of benzene rings is 2. The molecule has 0 aliphatic carbocycles. The molecule has 3 N–H and O–H groups in total. The number of nitrogens with one attached hydrogen (secondary N) is 3. The molecule has 1 aliphatic rings. The first-order chi connectivity index (χ1) is 12.4. The summed E-state index contributed by atoms with van der Waals surface area (Å²) >= 11 is 6.14. The second-order valence-electron chi connectivity index (χ2n) is 5.82. The molecule has 0 bridgehead atoms. The molecule has 2 heterocycles. The third kappa shape index (κ3) is 3.04. The number of hydrogen-bond acceptors (Lipinski definition) is 4. The number of sulfonamides is 1. The van der Waals surface area contributed by atoms with E-state index in [1.807, 2.05) is 6.07 Å². The lowest BCUT2D eigenvalue weighted by Crippen LogP contribution is -2.14. The van der Waals surface area contributed by atoms with Gasteiger partial charge in [-0.3, -0.25) is 14.6 Å². The Morgan fingerprint density at radius 2 is 2.00 bits per heavy atom. The van der Waals surface area contributed by atoms with Gasteiger partial charge in [-0.25, -0.2) is 8.42 Å². The van der Waals surface area contributed by atoms with Crippen LogP contribution < -0.4 is 10.0 Å². The van der Waals surface area contributed by atoms with Gasteiger partial charge in [0.1, 0.15) is 4.90 Å². The summed E-state index contributed by atoms with van der Waals surface area (Å²) in [5.74, 6) is -0.189. The third-order valence-electron chi connectivity index (χ3n) is 4.00. The van der Waals surface area contributed by atoms with Gasteiger partial charge < -0.3 is 5.32 Å². The molecule has 3 aromatic rings. The molecule has 1 aromatic heterocycles. The summed E-state index contributed by atoms with van der Waals surface area (Å²) in [5, 5.41) is 9.40. The molecular weight excluding hydrogens is 376 g/mol. The van der Waals surface area contributed by atoms with Gasteiger partial charge in [0.05, 0.1) is 17.1 Å². The van der Waals surface area contributed by atoms with E-state index in [4.69, 9.17) is 11.6 Å². The monoisotopic (exact) mass is 388 g/mol. The number of carbonyl (C=O) groups excluding carboxylic acids is 1. The highest BCUT2D eigenvalue weighted by atomic mass is 35.5. The van der Waals surface area contributed by atoms with Crippen LogP contribution in [0.15, 0.2) is 53.6 Å². The Morgan fingerprint density at radius 3 is 2.77 bits per heavy atom. The molecule has 0 unspecified atom stereocenters. The number of amides is 1. The van der Waals surface area contributed by atoms with E-state index in [-0.39, 0.29) is 22.2 Å². The molecule has 0 radical (unpaired) electrons. The number of anilines is 2. The number of aromatic amines is 1. The van der Waals surface area contributed by atoms with Crippen molar-refractivity contribution in [3.05, 3.63) is 59.2 Å². The zero-order chi connectivity index (χ0) is 18.3. The quantitative estimate of drug-likeness (QED) is 0.639. The van der Waals surface area contributed by atoms with Crippen LogP contribution in [0.25, 0.3) is 11.3 Å². The Bertz CT molecular complexity index is 1110. The van der Waals surface area contributed by atoms with Crippen molar-refractivity contribution >= 4 is 38.9 Å². The molecule has 1 aliphatic heterocycles. The molecule has 26 heavy (non-hydrogen) atoms. The standard InChI is InChI=1S/C17H13ClN4O3S/c18-13-9-15-11(8-17(23)20-15)7-16(13)26(24,25)22-12-3-1-2-10(6-12)14-4-5-19-21-14/h1-7,9,22H,8H2,(H,19,21)(H,20,23). The maximum Gasteiger partial charge on any atom is 0.263 e. The molecule has 132 valence electrons. The zero-order valence-electron chi connectivity index (χ0n) is 13.3. The lowest BCUT2D eigenvalue weighted by Gasteiger charge is -2.12. The highest BCUT2D eigenvalue weighted by Gasteiger charge is 2.25. The van der Waals surface area contributed by atoms with Crippen molar-refractivity contribution in [2.75, 3.05) is 10.0 Å². The Kier molecular flexibility index (Phi) is 3.93. The van der Waals surface area contributed by atoms with Gasteiger partial charge in [0.15, 0.2) is 0 Å². The van der Waals surface area contributed by atoms with Gasteiger partial charge in [0.2, 0.25) is 5.91 Å². The van der Waals surface area contributed by atoms with Crippen molar-refractivity contribution in [1.82, 2.24) is 10.2 Å². The lowest BCUT2D eigenvalue weighted by atomic mass is 10.1. The van der Waals surface area contributed by atoms with E-state index in [1.54, 1.807) is 30.5 Å². The van der Waals surface area contributed by atoms with Crippen molar-refractivity contribution in [3.8, 4) is 11.3 Å². The highest BCUT2D eigenvalue weighted by Crippen LogP contribution is 2.33. The predicted molar refractivity (Wildman–Crippen MR) is 98.6 cm³/mol. The Morgan fingerprint density at radius 1 is 1.15 bits per heavy atom. The van der Waals surface area contributed by atoms with E-state index in [0.29, 0.717) is 16.9 Å². The Labute approximate surface area is 154 Å². The number of fused-ring (bicyclic) bond motifs is 1. The first kappa shape index (κ1) is 16.6. The van der Waals surface area contributed by atoms with Gasteiger partial charge in [-0.15, -0.1) is 0 Å². The largest absolute Gasteiger partial charge is 0.325 e. The second-order valence-corrected chi connectivity index (χ2v) is 7.88. The van der Waals surface area contributed by atoms with E-state index in [9.17, 15) is 13.2 Å². The first-order valence-corrected chi connectivity index (χ1v) is 9.53. The number of rotatable bonds is 4. The molecule has 1 amide bonds. The minimum absolute atomic E-state index is 0.0446. The SMILES string of the molecule is O=C1Cc2cc(S(=O)(=O)Nc3cccc(-c4ccn[nH]4)c3)c(Cl)cc2N1. The number of nitrogens with zero attached hydrogens (tertiary/aromatic N) is 1. The normalized spacial score (nSPS) is 13.3. The van der Waals surface area contributed by atoms with Crippen LogP contribution in [0.3, 0.4) is 0 Å². The van der Waals surface area contributed by atoms with Crippen LogP contribution >= 0.6 is 11.6 Å². The van der Waals surface area contributed by atoms with E-state index in [2.05, 4.69) is 20.2 Å². The van der Waals surface area contributed by atoms with Crippen LogP contribution in [0.4, 0.5) is 11.4 Å². The van der Waals surface area contributed by atoms with Crippen molar-refractivity contribution in [2.24, 2.45) is 0 Å². The molecule has 0 fully saturated rings. The number of hydrogen-bond donors (Lipinski definition) is 3. The molecule has 0 atom stereocenters. The molecule has 0 saturated heterocycles. The van der Waals surface area contributed by atoms with Gasteiger partial charge in [0, 0.05) is 23.1 Å². The van der Waals surface area contributed by atoms with Crippen LogP contribution in [-0.4, -0.2) is 24.5 Å². The van der Waals surface area contributed by atoms with Gasteiger partial charge in [-0.2, -0.15) is 5.10 Å². The van der Waals surface area contributed by atoms with Crippen LogP contribution in [0, 0.1) is 0 Å². The number of aromatic nitrogens is 2. The third-order valence-corrected chi connectivity index (χ3v) is 5.84. The topological polar surface area (TPSA) is 104 Å². The fourth-order valence-electron chi connectivity index (χ4n) is 2.81. The minimum Gasteiger partial charge on any atom is -0.325 e. The molecule has 4 rings (SSSR count). The summed E-state index contributed by atoms with van der Waals surface area (Å²) in [6.07, 6.45) is 1.75. The second kappa shape index (κ2) is 6.15. The molecular formula is C17H13ClN4O3S. The fourth-order valence-corrected chi connectivity index (χ4v) is 4.44. The number of carbonyl (C=O) groups is 1. The van der Waals surface area contributed by atoms with E-state index in [1.165, 1.54) is 12.1 Å². The summed E-state index contributed by atoms with van der Waals surface area (Å²) in [6.45, 7) is 0. The lowest BCUT2D eigenvalue weighted by molar-refractivity contribution is -0.115. The smallest absolute Gasteiger partial charge is 0.263 e. The van der Waals surface area contributed by atoms with Crippen molar-refractivity contribution in [1.29, 1.82) is 0 Å². The van der Waals surface area contributed by atoms with E-state index in [0.717, 1.165) is 11.3 Å². The summed E-state index contributed by atoms with van der Waals surface area (Å²) in [6, 6.07) is 11.6. The summed E-state index contributed by atoms with van der Waals surface area (Å²) in [4.78, 5) is 11.4. The van der Waals surface area contributed by atoms with E-state index >= 15 is 0 Å². The zero-order valence-corrected chi connectivity index (χ0v) is 14.9.